The highest BCUT2D eigenvalue weighted by Crippen LogP contribution is 2.26. The largest absolute Gasteiger partial charge is 0.382 e. The second-order valence-corrected chi connectivity index (χ2v) is 4.42. The standard InChI is InChI=1S/C11H16N4O/c1-11(2,7-16-3)15-9-4-5-13-6-8(9)14-10(15)12/h4-6H,7H2,1-3H3,(H2,12,14). The lowest BCUT2D eigenvalue weighted by molar-refractivity contribution is 0.113. The molecule has 16 heavy (non-hydrogen) atoms. The highest BCUT2D eigenvalue weighted by molar-refractivity contribution is 5.77. The van der Waals surface area contributed by atoms with Gasteiger partial charge in [0, 0.05) is 13.3 Å². The average Bonchev–Trinajstić information content (AvgIpc) is 2.53. The van der Waals surface area contributed by atoms with Crippen molar-refractivity contribution in [3.8, 4) is 0 Å². The summed E-state index contributed by atoms with van der Waals surface area (Å²) < 4.78 is 7.19. The zero-order valence-corrected chi connectivity index (χ0v) is 9.77. The Hall–Kier alpha value is -1.62. The molecule has 2 N–H and O–H groups in total. The molecule has 0 saturated heterocycles. The number of methoxy groups -OCH3 is 1. The fraction of sp³-hybridized carbons (Fsp3) is 0.455. The van der Waals surface area contributed by atoms with E-state index in [9.17, 15) is 0 Å². The Morgan fingerprint density at radius 1 is 1.50 bits per heavy atom. The number of anilines is 1. The minimum Gasteiger partial charge on any atom is -0.382 e. The lowest BCUT2D eigenvalue weighted by Crippen LogP contribution is -2.32. The zero-order valence-electron chi connectivity index (χ0n) is 9.77. The van der Waals surface area contributed by atoms with Crippen molar-refractivity contribution in [3.05, 3.63) is 18.5 Å². The van der Waals surface area contributed by atoms with Gasteiger partial charge in [0.15, 0.2) is 0 Å². The van der Waals surface area contributed by atoms with Gasteiger partial charge in [-0.15, -0.1) is 0 Å². The van der Waals surface area contributed by atoms with Crippen LogP contribution in [0.1, 0.15) is 13.8 Å². The molecular weight excluding hydrogens is 204 g/mol. The van der Waals surface area contributed by atoms with E-state index in [-0.39, 0.29) is 5.54 Å². The van der Waals surface area contributed by atoms with Crippen LogP contribution in [0.15, 0.2) is 18.5 Å². The van der Waals surface area contributed by atoms with Crippen molar-refractivity contribution in [2.24, 2.45) is 0 Å². The van der Waals surface area contributed by atoms with Gasteiger partial charge in [0.1, 0.15) is 5.52 Å². The molecule has 0 atom stereocenters. The number of ether oxygens (including phenoxy) is 1. The van der Waals surface area contributed by atoms with Crippen molar-refractivity contribution in [3.63, 3.8) is 0 Å². The number of fused-ring (bicyclic) bond motifs is 1. The van der Waals surface area contributed by atoms with E-state index in [1.807, 2.05) is 10.6 Å². The molecule has 0 spiro atoms. The van der Waals surface area contributed by atoms with E-state index >= 15 is 0 Å². The van der Waals surface area contributed by atoms with Crippen molar-refractivity contribution in [1.29, 1.82) is 0 Å². The van der Waals surface area contributed by atoms with E-state index in [4.69, 9.17) is 10.5 Å². The van der Waals surface area contributed by atoms with E-state index in [0.717, 1.165) is 11.0 Å². The van der Waals surface area contributed by atoms with Crippen molar-refractivity contribution in [1.82, 2.24) is 14.5 Å². The number of nitrogens with two attached hydrogens (primary N) is 1. The van der Waals surface area contributed by atoms with Crippen molar-refractivity contribution in [2.45, 2.75) is 19.4 Å². The summed E-state index contributed by atoms with van der Waals surface area (Å²) >= 11 is 0. The Morgan fingerprint density at radius 3 is 2.94 bits per heavy atom. The van der Waals surface area contributed by atoms with E-state index in [2.05, 4.69) is 23.8 Å². The summed E-state index contributed by atoms with van der Waals surface area (Å²) in [6.07, 6.45) is 3.45. The third-order valence-electron chi connectivity index (χ3n) is 2.59. The molecule has 0 unspecified atom stereocenters. The molecule has 0 fully saturated rings. The van der Waals surface area contributed by atoms with Gasteiger partial charge < -0.3 is 15.0 Å². The summed E-state index contributed by atoms with van der Waals surface area (Å²) in [6, 6.07) is 1.91. The summed E-state index contributed by atoms with van der Waals surface area (Å²) in [4.78, 5) is 8.32. The fourth-order valence-corrected chi connectivity index (χ4v) is 2.00. The molecule has 2 aromatic heterocycles. The molecule has 2 heterocycles. The van der Waals surface area contributed by atoms with Gasteiger partial charge in [-0.3, -0.25) is 4.98 Å². The smallest absolute Gasteiger partial charge is 0.201 e. The number of nitrogen functional groups attached to an aromatic ring is 1. The maximum Gasteiger partial charge on any atom is 0.201 e. The summed E-state index contributed by atoms with van der Waals surface area (Å²) in [5.74, 6) is 0.491. The molecule has 2 aromatic rings. The molecule has 2 rings (SSSR count). The molecule has 0 aliphatic heterocycles. The molecule has 86 valence electrons. The van der Waals surface area contributed by atoms with Crippen molar-refractivity contribution in [2.75, 3.05) is 19.5 Å². The molecule has 0 bridgehead atoms. The number of pyridine rings is 1. The lowest BCUT2D eigenvalue weighted by Gasteiger charge is -2.27. The monoisotopic (exact) mass is 220 g/mol. The van der Waals surface area contributed by atoms with Gasteiger partial charge in [-0.05, 0) is 19.9 Å². The molecular formula is C11H16N4O. The Morgan fingerprint density at radius 2 is 2.25 bits per heavy atom. The minimum atomic E-state index is -0.227. The molecule has 0 radical (unpaired) electrons. The minimum absolute atomic E-state index is 0.227. The maximum atomic E-state index is 5.94. The first-order valence-corrected chi connectivity index (χ1v) is 5.13. The highest BCUT2D eigenvalue weighted by atomic mass is 16.5. The number of aromatic nitrogens is 3. The molecule has 0 amide bonds. The normalized spacial score (nSPS) is 12.2. The van der Waals surface area contributed by atoms with Crippen molar-refractivity contribution < 1.29 is 4.74 Å². The molecule has 5 nitrogen and oxygen atoms in total. The van der Waals surface area contributed by atoms with Gasteiger partial charge in [0.25, 0.3) is 0 Å². The molecule has 0 aliphatic carbocycles. The van der Waals surface area contributed by atoms with Gasteiger partial charge >= 0.3 is 0 Å². The topological polar surface area (TPSA) is 66.0 Å². The SMILES string of the molecule is COCC(C)(C)n1c(N)nc2cnccc21. The number of hydrogen-bond acceptors (Lipinski definition) is 4. The number of nitrogens with zero attached hydrogens (tertiary/aromatic N) is 3. The average molecular weight is 220 g/mol. The van der Waals surface area contributed by atoms with Crippen LogP contribution in [0.4, 0.5) is 5.95 Å². The van der Waals surface area contributed by atoms with Crippen LogP contribution in [-0.4, -0.2) is 28.3 Å². The zero-order chi connectivity index (χ0) is 11.8. The van der Waals surface area contributed by atoms with Crippen LogP contribution in [0.25, 0.3) is 11.0 Å². The van der Waals surface area contributed by atoms with E-state index < -0.39 is 0 Å². The summed E-state index contributed by atoms with van der Waals surface area (Å²) in [6.45, 7) is 4.70. The Kier molecular flexibility index (Phi) is 2.55. The van der Waals surface area contributed by atoms with Gasteiger partial charge in [0.2, 0.25) is 5.95 Å². The number of rotatable bonds is 3. The van der Waals surface area contributed by atoms with Gasteiger partial charge in [-0.2, -0.15) is 0 Å². The second kappa shape index (κ2) is 3.75. The number of hydrogen-bond donors (Lipinski definition) is 1. The number of imidazole rings is 1. The van der Waals surface area contributed by atoms with Crippen LogP contribution in [0, 0.1) is 0 Å². The fourth-order valence-electron chi connectivity index (χ4n) is 2.00. The Balaban J connectivity index is 2.63. The van der Waals surface area contributed by atoms with Crippen LogP contribution < -0.4 is 5.73 Å². The molecule has 0 aliphatic rings. The van der Waals surface area contributed by atoms with Gasteiger partial charge in [0.05, 0.1) is 23.9 Å². The van der Waals surface area contributed by atoms with Gasteiger partial charge in [-0.1, -0.05) is 0 Å². The van der Waals surface area contributed by atoms with Crippen LogP contribution in [0.5, 0.6) is 0 Å². The summed E-state index contributed by atoms with van der Waals surface area (Å²) in [7, 11) is 1.68. The maximum absolute atomic E-state index is 5.94. The third kappa shape index (κ3) is 1.63. The first-order valence-electron chi connectivity index (χ1n) is 5.13. The molecule has 5 heteroatoms. The predicted octanol–water partition coefficient (Wildman–Crippen LogP) is 1.39. The molecule has 0 aromatic carbocycles. The third-order valence-corrected chi connectivity index (χ3v) is 2.59. The Labute approximate surface area is 94.2 Å². The quantitative estimate of drug-likeness (QED) is 0.849. The highest BCUT2D eigenvalue weighted by Gasteiger charge is 2.25. The van der Waals surface area contributed by atoms with Crippen LogP contribution >= 0.6 is 0 Å². The first kappa shape index (κ1) is 10.9. The van der Waals surface area contributed by atoms with E-state index in [1.165, 1.54) is 0 Å². The van der Waals surface area contributed by atoms with E-state index in [1.54, 1.807) is 19.5 Å². The molecule has 0 saturated carbocycles. The van der Waals surface area contributed by atoms with E-state index in [0.29, 0.717) is 12.6 Å². The second-order valence-electron chi connectivity index (χ2n) is 4.42. The summed E-state index contributed by atoms with van der Waals surface area (Å²) in [5.41, 5.74) is 7.50. The Bertz CT molecular complexity index is 504. The van der Waals surface area contributed by atoms with Gasteiger partial charge in [-0.25, -0.2) is 4.98 Å². The summed E-state index contributed by atoms with van der Waals surface area (Å²) in [5, 5.41) is 0. The van der Waals surface area contributed by atoms with Crippen LogP contribution in [-0.2, 0) is 10.3 Å². The van der Waals surface area contributed by atoms with Crippen LogP contribution in [0.3, 0.4) is 0 Å². The van der Waals surface area contributed by atoms with Crippen LogP contribution in [0.2, 0.25) is 0 Å². The first-order chi connectivity index (χ1) is 7.56. The van der Waals surface area contributed by atoms with Crippen molar-refractivity contribution >= 4 is 17.0 Å². The predicted molar refractivity (Wildman–Crippen MR) is 63.1 cm³/mol. The lowest BCUT2D eigenvalue weighted by atomic mass is 10.1.